The van der Waals surface area contributed by atoms with E-state index < -0.39 is 14.4 Å². The smallest absolute Gasteiger partial charge is 0.200 e. The zero-order valence-electron chi connectivity index (χ0n) is 17.4. The molecule has 0 radical (unpaired) electrons. The van der Waals surface area contributed by atoms with Crippen LogP contribution in [0.15, 0.2) is 24.3 Å². The first-order valence-corrected chi connectivity index (χ1v) is 12.1. The Morgan fingerprint density at radius 1 is 1.12 bits per heavy atom. The van der Waals surface area contributed by atoms with E-state index in [0.29, 0.717) is 29.7 Å². The highest BCUT2D eigenvalue weighted by Crippen LogP contribution is 2.42. The van der Waals surface area contributed by atoms with Crippen LogP contribution < -0.4 is 0 Å². The van der Waals surface area contributed by atoms with Gasteiger partial charge in [0.15, 0.2) is 8.32 Å². The Labute approximate surface area is 156 Å². The van der Waals surface area contributed by atoms with Gasteiger partial charge in [-0.15, -0.1) is 0 Å². The number of rotatable bonds is 10. The van der Waals surface area contributed by atoms with E-state index in [9.17, 15) is 5.11 Å². The highest BCUT2D eigenvalue weighted by Gasteiger charge is 2.44. The summed E-state index contributed by atoms with van der Waals surface area (Å²) < 4.78 is 12.2. The maximum atomic E-state index is 10.3. The number of aliphatic hydroxyl groups is 1. The third-order valence-corrected chi connectivity index (χ3v) is 11.7. The minimum atomic E-state index is -1.76. The molecule has 0 fully saturated rings. The molecule has 1 rings (SSSR count). The fraction of sp³-hybridized carbons (Fsp3) is 0.810. The molecule has 1 heterocycles. The van der Waals surface area contributed by atoms with Gasteiger partial charge in [-0.25, -0.2) is 0 Å². The Bertz CT molecular complexity index is 407. The van der Waals surface area contributed by atoms with Gasteiger partial charge in [0.25, 0.3) is 0 Å². The second-order valence-electron chi connectivity index (χ2n) is 8.31. The summed E-state index contributed by atoms with van der Waals surface area (Å²) in [5, 5.41) is 10.3. The van der Waals surface area contributed by atoms with Crippen LogP contribution in [0.3, 0.4) is 0 Å². The average molecular weight is 369 g/mol. The zero-order valence-corrected chi connectivity index (χ0v) is 18.4. The first-order valence-electron chi connectivity index (χ1n) is 9.98. The minimum absolute atomic E-state index is 0.0891. The van der Waals surface area contributed by atoms with Crippen molar-refractivity contribution < 1.29 is 14.3 Å². The lowest BCUT2D eigenvalue weighted by Crippen LogP contribution is -2.47. The summed E-state index contributed by atoms with van der Waals surface area (Å²) in [4.78, 5) is 0. The SMILES string of the molecule is CC(C)[Si](OCC/C=C\C[C@@H](O)[C@@H]1OCC=C[C@H]1C)(C(C)C)C(C)C. The van der Waals surface area contributed by atoms with Crippen LogP contribution in [0.25, 0.3) is 0 Å². The van der Waals surface area contributed by atoms with Crippen LogP contribution in [0, 0.1) is 5.92 Å². The molecule has 0 saturated heterocycles. The molecule has 0 unspecified atom stereocenters. The molecule has 1 aliphatic rings. The standard InChI is InChI=1S/C21H40O3Si/c1-16(2)25(17(3)4,18(5)6)24-15-10-8-9-13-20(22)21-19(7)12-11-14-23-21/h8-9,11-12,16-22H,10,13-15H2,1-7H3/b9-8-/t19-,20-,21-/m1/s1. The maximum Gasteiger partial charge on any atom is 0.200 e. The topological polar surface area (TPSA) is 38.7 Å². The van der Waals surface area contributed by atoms with Crippen LogP contribution in [-0.4, -0.2) is 38.8 Å². The summed E-state index contributed by atoms with van der Waals surface area (Å²) in [5.41, 5.74) is 1.86. The molecular weight excluding hydrogens is 328 g/mol. The van der Waals surface area contributed by atoms with Crippen LogP contribution in [0.2, 0.25) is 16.6 Å². The fourth-order valence-electron chi connectivity index (χ4n) is 4.45. The van der Waals surface area contributed by atoms with Gasteiger partial charge in [0.1, 0.15) is 0 Å². The predicted octanol–water partition coefficient (Wildman–Crippen LogP) is 5.47. The molecule has 1 aliphatic heterocycles. The summed E-state index contributed by atoms with van der Waals surface area (Å²) >= 11 is 0. The molecular formula is C21H40O3Si. The van der Waals surface area contributed by atoms with Crippen LogP contribution in [0.4, 0.5) is 0 Å². The van der Waals surface area contributed by atoms with Gasteiger partial charge in [-0.05, 0) is 29.5 Å². The Kier molecular flexibility index (Phi) is 9.64. The van der Waals surface area contributed by atoms with Gasteiger partial charge in [0.2, 0.25) is 0 Å². The minimum Gasteiger partial charge on any atom is -0.416 e. The number of hydrogen-bond donors (Lipinski definition) is 1. The van der Waals surface area contributed by atoms with Crippen molar-refractivity contribution in [2.45, 2.75) is 90.1 Å². The largest absolute Gasteiger partial charge is 0.416 e. The maximum absolute atomic E-state index is 10.3. The zero-order chi connectivity index (χ0) is 19.0. The summed E-state index contributed by atoms with van der Waals surface area (Å²) in [6.07, 6.45) is 9.40. The van der Waals surface area contributed by atoms with Crippen molar-refractivity contribution in [3.05, 3.63) is 24.3 Å². The Hall–Kier alpha value is -0.423. The van der Waals surface area contributed by atoms with E-state index >= 15 is 0 Å². The Morgan fingerprint density at radius 2 is 1.72 bits per heavy atom. The average Bonchev–Trinajstić information content (AvgIpc) is 2.53. The molecule has 0 aliphatic carbocycles. The molecule has 3 atom stereocenters. The Morgan fingerprint density at radius 3 is 2.24 bits per heavy atom. The second kappa shape index (κ2) is 10.7. The molecule has 1 N–H and O–H groups in total. The van der Waals surface area contributed by atoms with Crippen molar-refractivity contribution in [3.63, 3.8) is 0 Å². The molecule has 0 bridgehead atoms. The number of ether oxygens (including phenoxy) is 1. The predicted molar refractivity (Wildman–Crippen MR) is 109 cm³/mol. The molecule has 3 nitrogen and oxygen atoms in total. The van der Waals surface area contributed by atoms with E-state index in [2.05, 4.69) is 66.7 Å². The van der Waals surface area contributed by atoms with Crippen LogP contribution in [-0.2, 0) is 9.16 Å². The van der Waals surface area contributed by atoms with Crippen molar-refractivity contribution in [1.82, 2.24) is 0 Å². The lowest BCUT2D eigenvalue weighted by molar-refractivity contribution is -0.0502. The molecule has 25 heavy (non-hydrogen) atoms. The third-order valence-electron chi connectivity index (χ3n) is 5.61. The summed E-state index contributed by atoms with van der Waals surface area (Å²) in [6.45, 7) is 17.4. The molecule has 0 spiro atoms. The molecule has 0 aromatic carbocycles. The second-order valence-corrected chi connectivity index (χ2v) is 13.8. The van der Waals surface area contributed by atoms with Crippen molar-refractivity contribution in [3.8, 4) is 0 Å². The Balaban J connectivity index is 2.43. The van der Waals surface area contributed by atoms with Gasteiger partial charge in [0, 0.05) is 12.5 Å². The van der Waals surface area contributed by atoms with E-state index in [4.69, 9.17) is 9.16 Å². The molecule has 4 heteroatoms. The van der Waals surface area contributed by atoms with Gasteiger partial charge in [-0.1, -0.05) is 72.8 Å². The molecule has 0 saturated carbocycles. The summed E-state index contributed by atoms with van der Waals surface area (Å²) in [7, 11) is -1.76. The lowest BCUT2D eigenvalue weighted by atomic mass is 9.95. The molecule has 146 valence electrons. The molecule has 0 amide bonds. The van der Waals surface area contributed by atoms with Gasteiger partial charge < -0.3 is 14.3 Å². The van der Waals surface area contributed by atoms with E-state index in [1.165, 1.54) is 0 Å². The van der Waals surface area contributed by atoms with Crippen LogP contribution in [0.5, 0.6) is 0 Å². The molecule has 0 aromatic rings. The van der Waals surface area contributed by atoms with Crippen molar-refractivity contribution in [2.24, 2.45) is 5.92 Å². The first kappa shape index (κ1) is 22.6. The normalized spacial score (nSPS) is 23.3. The third kappa shape index (κ3) is 6.06. The fourth-order valence-corrected chi connectivity index (χ4v) is 9.92. The van der Waals surface area contributed by atoms with E-state index in [0.717, 1.165) is 13.0 Å². The highest BCUT2D eigenvalue weighted by molar-refractivity contribution is 6.77. The van der Waals surface area contributed by atoms with E-state index in [1.54, 1.807) is 0 Å². The number of aliphatic hydroxyl groups excluding tert-OH is 1. The molecule has 0 aromatic heterocycles. The summed E-state index contributed by atoms with van der Waals surface area (Å²) in [6, 6.07) is 0. The number of hydrogen-bond acceptors (Lipinski definition) is 3. The highest BCUT2D eigenvalue weighted by atomic mass is 28.4. The van der Waals surface area contributed by atoms with Gasteiger partial charge in [0.05, 0.1) is 18.8 Å². The lowest BCUT2D eigenvalue weighted by Gasteiger charge is -2.42. The van der Waals surface area contributed by atoms with Gasteiger partial charge in [-0.2, -0.15) is 0 Å². The van der Waals surface area contributed by atoms with Gasteiger partial charge >= 0.3 is 0 Å². The van der Waals surface area contributed by atoms with Crippen molar-refractivity contribution >= 4 is 8.32 Å². The van der Waals surface area contributed by atoms with Crippen LogP contribution >= 0.6 is 0 Å². The first-order chi connectivity index (χ1) is 11.7. The van der Waals surface area contributed by atoms with E-state index in [-0.39, 0.29) is 12.0 Å². The van der Waals surface area contributed by atoms with E-state index in [1.807, 2.05) is 6.08 Å². The van der Waals surface area contributed by atoms with Crippen molar-refractivity contribution in [2.75, 3.05) is 13.2 Å². The summed E-state index contributed by atoms with van der Waals surface area (Å²) in [5.74, 6) is 0.273. The van der Waals surface area contributed by atoms with Crippen molar-refractivity contribution in [1.29, 1.82) is 0 Å². The van der Waals surface area contributed by atoms with Crippen LogP contribution in [0.1, 0.15) is 61.3 Å². The quantitative estimate of drug-likeness (QED) is 0.316. The monoisotopic (exact) mass is 368 g/mol. The van der Waals surface area contributed by atoms with Gasteiger partial charge in [-0.3, -0.25) is 0 Å².